The largest absolute Gasteiger partial charge is 0.390 e. The normalized spacial score (nSPS) is 20.1. The predicted octanol–water partition coefficient (Wildman–Crippen LogP) is 2.52. The minimum absolute atomic E-state index is 0.133. The van der Waals surface area contributed by atoms with Gasteiger partial charge < -0.3 is 35.2 Å². The Kier molecular flexibility index (Phi) is 9.68. The summed E-state index contributed by atoms with van der Waals surface area (Å²) in [6, 6.07) is 14.3. The van der Waals surface area contributed by atoms with Crippen molar-refractivity contribution < 1.29 is 24.2 Å². The van der Waals surface area contributed by atoms with Gasteiger partial charge in [0.15, 0.2) is 0 Å². The van der Waals surface area contributed by atoms with E-state index in [9.17, 15) is 24.8 Å². The zero-order valence-electron chi connectivity index (χ0n) is 26.2. The average Bonchev–Trinajstić information content (AvgIpc) is 3.57. The number of benzene rings is 2. The van der Waals surface area contributed by atoms with Crippen LogP contribution in [0.25, 0.3) is 5.57 Å². The van der Waals surface area contributed by atoms with Crippen LogP contribution in [-0.2, 0) is 14.3 Å². The Morgan fingerprint density at radius 2 is 1.78 bits per heavy atom. The van der Waals surface area contributed by atoms with Gasteiger partial charge in [0.25, 0.3) is 17.7 Å². The Hall–Kier alpha value is -4.50. The molecule has 2 aromatic carbocycles. The van der Waals surface area contributed by atoms with Gasteiger partial charge in [-0.2, -0.15) is 5.26 Å². The van der Waals surface area contributed by atoms with Crippen molar-refractivity contribution >= 4 is 29.0 Å². The van der Waals surface area contributed by atoms with E-state index in [0.29, 0.717) is 77.8 Å². The highest BCUT2D eigenvalue weighted by Crippen LogP contribution is 2.45. The number of carbonyl (C=O) groups excluding carboxylic acids is 3. The molecule has 2 aromatic rings. The van der Waals surface area contributed by atoms with Gasteiger partial charge in [-0.05, 0) is 55.9 Å². The second kappa shape index (κ2) is 13.6. The number of amides is 3. The molecule has 0 spiro atoms. The van der Waals surface area contributed by atoms with Crippen molar-refractivity contribution in [1.29, 1.82) is 5.26 Å². The number of hydrogen-bond acceptors (Lipinski definition) is 8. The van der Waals surface area contributed by atoms with Crippen molar-refractivity contribution in [3.63, 3.8) is 0 Å². The molecule has 45 heavy (non-hydrogen) atoms. The number of carbonyl (C=O) groups is 3. The summed E-state index contributed by atoms with van der Waals surface area (Å²) in [6.45, 7) is 9.95. The maximum Gasteiger partial charge on any atom is 0.258 e. The lowest BCUT2D eigenvalue weighted by atomic mass is 9.85. The number of ether oxygens (including phenoxy) is 1. The highest BCUT2D eigenvalue weighted by atomic mass is 16.5. The summed E-state index contributed by atoms with van der Waals surface area (Å²) in [5.74, 6) is -1.41. The molecule has 0 saturated carbocycles. The van der Waals surface area contributed by atoms with Crippen molar-refractivity contribution in [2.75, 3.05) is 64.8 Å². The van der Waals surface area contributed by atoms with Crippen molar-refractivity contribution in [3.05, 3.63) is 81.7 Å². The Bertz CT molecular complexity index is 1580. The molecule has 0 aliphatic carbocycles. The van der Waals surface area contributed by atoms with E-state index in [0.717, 1.165) is 18.7 Å². The van der Waals surface area contributed by atoms with E-state index < -0.39 is 12.0 Å². The predicted molar refractivity (Wildman–Crippen MR) is 170 cm³/mol. The van der Waals surface area contributed by atoms with E-state index >= 15 is 0 Å². The molecule has 3 aliphatic rings. The second-order valence-corrected chi connectivity index (χ2v) is 11.6. The number of rotatable bonds is 9. The Morgan fingerprint density at radius 1 is 1.09 bits per heavy atom. The molecule has 1 fully saturated rings. The second-order valence-electron chi connectivity index (χ2n) is 11.6. The van der Waals surface area contributed by atoms with E-state index in [-0.39, 0.29) is 24.3 Å². The van der Waals surface area contributed by atoms with Crippen LogP contribution < -0.4 is 10.6 Å². The fraction of sp³-hybridized carbons (Fsp3) is 0.412. The topological polar surface area (TPSA) is 138 Å². The molecule has 11 heteroatoms. The standard InChI is InChI=1S/C34H40N6O5/c1-5-39(6-2)20-25(41)19-38(4)34(44)28-21(3)36-31(29(28)23-9-7-22(18-35)8-10-23)30-26-17-24(11-12-27(26)37-32(30)42)33(43)40-13-15-45-16-14-40/h7-12,17,25,29,36,41H,5-6,13-16,19-20H2,1-4H3,(H,37,42). The van der Waals surface area contributed by atoms with Crippen molar-refractivity contribution in [1.82, 2.24) is 20.0 Å². The molecule has 11 nitrogen and oxygen atoms in total. The van der Waals surface area contributed by atoms with Crippen molar-refractivity contribution in [2.45, 2.75) is 32.8 Å². The van der Waals surface area contributed by atoms with E-state index in [4.69, 9.17) is 4.74 Å². The van der Waals surface area contributed by atoms with Gasteiger partial charge in [0.05, 0.1) is 42.4 Å². The maximum atomic E-state index is 14.1. The van der Waals surface area contributed by atoms with Crippen LogP contribution in [-0.4, -0.2) is 103 Å². The molecule has 5 rings (SSSR count). The van der Waals surface area contributed by atoms with Crippen LogP contribution in [0.3, 0.4) is 0 Å². The zero-order valence-corrected chi connectivity index (χ0v) is 26.2. The first-order valence-corrected chi connectivity index (χ1v) is 15.4. The number of hydrogen-bond donors (Lipinski definition) is 3. The molecule has 3 N–H and O–H groups in total. The van der Waals surface area contributed by atoms with Crippen LogP contribution in [0.2, 0.25) is 0 Å². The van der Waals surface area contributed by atoms with Crippen LogP contribution in [0.5, 0.6) is 0 Å². The number of nitrogens with one attached hydrogen (secondary N) is 2. The molecular weight excluding hydrogens is 572 g/mol. The smallest absolute Gasteiger partial charge is 0.258 e. The van der Waals surface area contributed by atoms with Crippen LogP contribution in [0.1, 0.15) is 53.7 Å². The number of nitriles is 1. The van der Waals surface area contributed by atoms with Gasteiger partial charge in [0, 0.05) is 67.0 Å². The lowest BCUT2D eigenvalue weighted by Gasteiger charge is -2.27. The van der Waals surface area contributed by atoms with Crippen molar-refractivity contribution in [3.8, 4) is 6.07 Å². The van der Waals surface area contributed by atoms with Gasteiger partial charge in [-0.15, -0.1) is 0 Å². The third-order valence-corrected chi connectivity index (χ3v) is 8.68. The summed E-state index contributed by atoms with van der Waals surface area (Å²) in [4.78, 5) is 46.4. The third kappa shape index (κ3) is 6.49. The Labute approximate surface area is 263 Å². The highest BCUT2D eigenvalue weighted by Gasteiger charge is 2.41. The molecule has 2 unspecified atom stereocenters. The lowest BCUT2D eigenvalue weighted by molar-refractivity contribution is -0.127. The van der Waals surface area contributed by atoms with Crippen LogP contribution in [0.4, 0.5) is 5.69 Å². The minimum Gasteiger partial charge on any atom is -0.390 e. The third-order valence-electron chi connectivity index (χ3n) is 8.68. The van der Waals surface area contributed by atoms with Gasteiger partial charge in [-0.1, -0.05) is 26.0 Å². The van der Waals surface area contributed by atoms with Gasteiger partial charge >= 0.3 is 0 Å². The average molecular weight is 613 g/mol. The summed E-state index contributed by atoms with van der Waals surface area (Å²) in [5.41, 5.74) is 4.71. The molecule has 1 saturated heterocycles. The number of aliphatic hydroxyl groups excluding tert-OH is 1. The molecule has 0 aromatic heterocycles. The molecule has 3 amide bonds. The Morgan fingerprint density at radius 3 is 2.42 bits per heavy atom. The minimum atomic E-state index is -0.741. The first-order valence-electron chi connectivity index (χ1n) is 15.4. The van der Waals surface area contributed by atoms with Gasteiger partial charge in [0.1, 0.15) is 0 Å². The first kappa shape index (κ1) is 31.9. The van der Waals surface area contributed by atoms with Crippen molar-refractivity contribution in [2.24, 2.45) is 0 Å². The fourth-order valence-corrected chi connectivity index (χ4v) is 6.24. The fourth-order valence-electron chi connectivity index (χ4n) is 6.24. The zero-order chi connectivity index (χ0) is 32.2. The van der Waals surface area contributed by atoms with Crippen LogP contribution in [0.15, 0.2) is 59.4 Å². The highest BCUT2D eigenvalue weighted by molar-refractivity contribution is 6.33. The SMILES string of the molecule is CCN(CC)CC(O)CN(C)C(=O)C1=C(C)NC(=C2C(=O)Nc3ccc(C(=O)N4CCOCC4)cc32)C1c1ccc(C#N)cc1. The summed E-state index contributed by atoms with van der Waals surface area (Å²) < 4.78 is 5.40. The van der Waals surface area contributed by atoms with E-state index in [2.05, 4.69) is 21.6 Å². The number of anilines is 1. The molecule has 0 bridgehead atoms. The molecule has 2 atom stereocenters. The van der Waals surface area contributed by atoms with E-state index in [1.807, 2.05) is 13.8 Å². The molecule has 0 radical (unpaired) electrons. The van der Waals surface area contributed by atoms with Gasteiger partial charge in [-0.3, -0.25) is 14.4 Å². The molecule has 3 heterocycles. The number of fused-ring (bicyclic) bond motifs is 1. The molecule has 3 aliphatic heterocycles. The number of allylic oxidation sites excluding steroid dienone is 2. The lowest BCUT2D eigenvalue weighted by Crippen LogP contribution is -2.41. The van der Waals surface area contributed by atoms with Crippen LogP contribution >= 0.6 is 0 Å². The number of aliphatic hydroxyl groups is 1. The Balaban J connectivity index is 1.54. The summed E-state index contributed by atoms with van der Waals surface area (Å²) >= 11 is 0. The van der Waals surface area contributed by atoms with Crippen LogP contribution in [0, 0.1) is 11.3 Å². The summed E-state index contributed by atoms with van der Waals surface area (Å²) in [7, 11) is 1.66. The van der Waals surface area contributed by atoms with E-state index in [1.165, 1.54) is 4.90 Å². The maximum absolute atomic E-state index is 14.1. The monoisotopic (exact) mass is 612 g/mol. The summed E-state index contributed by atoms with van der Waals surface area (Å²) in [5, 5.41) is 26.5. The number of likely N-dealkylation sites (N-methyl/N-ethyl adjacent to an activating group) is 2. The van der Waals surface area contributed by atoms with E-state index in [1.54, 1.807) is 61.3 Å². The molecular formula is C34H40N6O5. The van der Waals surface area contributed by atoms with Gasteiger partial charge in [-0.25, -0.2) is 0 Å². The number of nitrogens with zero attached hydrogens (tertiary/aromatic N) is 4. The number of morpholine rings is 1. The molecule has 236 valence electrons. The first-order chi connectivity index (χ1) is 21.7. The quantitative estimate of drug-likeness (QED) is 0.368. The summed E-state index contributed by atoms with van der Waals surface area (Å²) in [6.07, 6.45) is -0.741. The van der Waals surface area contributed by atoms with Gasteiger partial charge in [0.2, 0.25) is 0 Å².